The number of nitrogen functional groups attached to an aromatic ring is 1. The number of sulfonamides is 1. The number of amides is 1. The number of carbonyl (C=O) groups excluding carboxylic acids is 1. The minimum atomic E-state index is -4.81. The van der Waals surface area contributed by atoms with E-state index in [4.69, 9.17) is 10.9 Å². The Morgan fingerprint density at radius 1 is 0.975 bits per heavy atom. The molecule has 3 aromatic carbocycles. The van der Waals surface area contributed by atoms with Crippen LogP contribution in [-0.4, -0.2) is 34.1 Å². The number of fused-ring (bicyclic) bond motifs is 1. The summed E-state index contributed by atoms with van der Waals surface area (Å²) in [5, 5.41) is 11.9. The summed E-state index contributed by atoms with van der Waals surface area (Å²) in [6.45, 7) is 1.65. The number of aryl methyl sites for hydroxylation is 1. The predicted octanol–water partition coefficient (Wildman–Crippen LogP) is 4.29. The summed E-state index contributed by atoms with van der Waals surface area (Å²) in [4.78, 5) is 21.4. The molecule has 14 heteroatoms. The van der Waals surface area contributed by atoms with Crippen molar-refractivity contribution in [3.8, 4) is 16.8 Å². The molecule has 0 bridgehead atoms. The Kier molecular flexibility index (Phi) is 6.51. The number of nitrogens with zero attached hydrogens (tertiary/aromatic N) is 4. The second-order valence-corrected chi connectivity index (χ2v) is 10.3. The summed E-state index contributed by atoms with van der Waals surface area (Å²) in [5.41, 5.74) is 6.05. The smallest absolute Gasteiger partial charge is 0.383 e. The van der Waals surface area contributed by atoms with Crippen molar-refractivity contribution in [1.82, 2.24) is 19.7 Å². The van der Waals surface area contributed by atoms with Crippen molar-refractivity contribution in [2.24, 2.45) is 5.14 Å². The molecule has 40 heavy (non-hydrogen) atoms. The zero-order valence-corrected chi connectivity index (χ0v) is 21.5. The van der Waals surface area contributed by atoms with Crippen molar-refractivity contribution < 1.29 is 26.4 Å². The largest absolute Gasteiger partial charge is 0.435 e. The van der Waals surface area contributed by atoms with Gasteiger partial charge in [0.1, 0.15) is 17.3 Å². The lowest BCUT2D eigenvalue weighted by Gasteiger charge is -2.11. The number of halogens is 3. The third-order valence-corrected chi connectivity index (χ3v) is 6.91. The highest BCUT2D eigenvalue weighted by atomic mass is 32.2. The molecule has 10 nitrogen and oxygen atoms in total. The number of benzene rings is 3. The first-order chi connectivity index (χ1) is 18.8. The maximum absolute atomic E-state index is 13.6. The average molecular weight is 568 g/mol. The van der Waals surface area contributed by atoms with Crippen LogP contribution in [-0.2, 0) is 16.2 Å². The van der Waals surface area contributed by atoms with Crippen LogP contribution in [0.15, 0.2) is 77.7 Å². The lowest BCUT2D eigenvalue weighted by atomic mass is 10.1. The van der Waals surface area contributed by atoms with Gasteiger partial charge in [0.2, 0.25) is 10.0 Å². The van der Waals surface area contributed by atoms with Crippen molar-refractivity contribution in [3.05, 3.63) is 90.0 Å². The van der Waals surface area contributed by atoms with E-state index >= 15 is 0 Å². The van der Waals surface area contributed by atoms with E-state index in [1.807, 2.05) is 0 Å². The summed E-state index contributed by atoms with van der Waals surface area (Å²) >= 11 is 0. The van der Waals surface area contributed by atoms with Crippen molar-refractivity contribution in [2.75, 3.05) is 11.1 Å². The number of nitrogens with one attached hydrogen (secondary N) is 1. The molecule has 5 rings (SSSR count). The van der Waals surface area contributed by atoms with Gasteiger partial charge in [-0.05, 0) is 48.9 Å². The molecular weight excluding hydrogens is 547 g/mol. The van der Waals surface area contributed by atoms with Gasteiger partial charge in [0.15, 0.2) is 5.69 Å². The predicted molar refractivity (Wildman–Crippen MR) is 142 cm³/mol. The third-order valence-electron chi connectivity index (χ3n) is 5.94. The summed E-state index contributed by atoms with van der Waals surface area (Å²) < 4.78 is 65.5. The molecule has 0 aliphatic rings. The van der Waals surface area contributed by atoms with Crippen LogP contribution in [0.2, 0.25) is 0 Å². The number of primary sulfonamides is 1. The zero-order chi connectivity index (χ0) is 28.8. The van der Waals surface area contributed by atoms with Crippen LogP contribution in [0.3, 0.4) is 0 Å². The molecule has 0 radical (unpaired) electrons. The van der Waals surface area contributed by atoms with E-state index in [0.717, 1.165) is 4.68 Å². The number of aromatic nitrogens is 4. The molecule has 0 aliphatic heterocycles. The Labute approximate surface area is 225 Å². The molecule has 204 valence electrons. The first-order valence-corrected chi connectivity index (χ1v) is 13.1. The lowest BCUT2D eigenvalue weighted by molar-refractivity contribution is -0.141. The molecule has 1 amide bonds. The Morgan fingerprint density at radius 2 is 1.68 bits per heavy atom. The highest BCUT2D eigenvalue weighted by Gasteiger charge is 2.36. The summed E-state index contributed by atoms with van der Waals surface area (Å²) in [5.74, 6) is -0.313. The van der Waals surface area contributed by atoms with Crippen LogP contribution >= 0.6 is 0 Å². The first kappa shape index (κ1) is 26.8. The van der Waals surface area contributed by atoms with Gasteiger partial charge >= 0.3 is 6.18 Å². The van der Waals surface area contributed by atoms with Gasteiger partial charge in [-0.3, -0.25) is 4.79 Å². The van der Waals surface area contributed by atoms with E-state index in [9.17, 15) is 26.4 Å². The molecule has 0 fully saturated rings. The molecule has 0 saturated heterocycles. The maximum atomic E-state index is 13.6. The summed E-state index contributed by atoms with van der Waals surface area (Å²) in [6, 6.07) is 17.3. The molecular formula is C26H20F3N7O3S. The highest BCUT2D eigenvalue weighted by molar-refractivity contribution is 7.89. The van der Waals surface area contributed by atoms with Crippen LogP contribution in [0.4, 0.5) is 24.7 Å². The molecule has 0 saturated carbocycles. The van der Waals surface area contributed by atoms with Gasteiger partial charge in [0.25, 0.3) is 5.91 Å². The van der Waals surface area contributed by atoms with Gasteiger partial charge in [0, 0.05) is 22.7 Å². The monoisotopic (exact) mass is 567 g/mol. The molecule has 0 unspecified atom stereocenters. The molecule has 0 spiro atoms. The van der Waals surface area contributed by atoms with Crippen molar-refractivity contribution in [3.63, 3.8) is 0 Å². The maximum Gasteiger partial charge on any atom is 0.435 e. The quantitative estimate of drug-likeness (QED) is 0.286. The fraction of sp³-hybridized carbons (Fsp3) is 0.0769. The second-order valence-electron chi connectivity index (χ2n) is 8.75. The average Bonchev–Trinajstić information content (AvgIpc) is 3.35. The number of alkyl halides is 3. The Balaban J connectivity index is 1.50. The Hall–Kier alpha value is -4.82. The fourth-order valence-corrected chi connectivity index (χ4v) is 4.91. The molecule has 0 aliphatic carbocycles. The van der Waals surface area contributed by atoms with Crippen molar-refractivity contribution in [1.29, 1.82) is 0 Å². The molecule has 5 aromatic rings. The Morgan fingerprint density at radius 3 is 2.35 bits per heavy atom. The summed E-state index contributed by atoms with van der Waals surface area (Å²) in [7, 11) is -3.99. The van der Waals surface area contributed by atoms with E-state index in [1.54, 1.807) is 37.3 Å². The van der Waals surface area contributed by atoms with Gasteiger partial charge in [-0.25, -0.2) is 28.2 Å². The van der Waals surface area contributed by atoms with Crippen LogP contribution in [0.1, 0.15) is 22.0 Å². The number of nitrogens with two attached hydrogens (primary N) is 2. The van der Waals surface area contributed by atoms with Crippen molar-refractivity contribution >= 4 is 38.3 Å². The van der Waals surface area contributed by atoms with Crippen LogP contribution in [0.25, 0.3) is 27.7 Å². The van der Waals surface area contributed by atoms with Crippen molar-refractivity contribution in [2.45, 2.75) is 18.0 Å². The van der Waals surface area contributed by atoms with Gasteiger partial charge in [0.05, 0.1) is 16.1 Å². The first-order valence-electron chi connectivity index (χ1n) is 11.6. The fourth-order valence-electron chi connectivity index (χ4n) is 4.15. The minimum Gasteiger partial charge on any atom is -0.383 e. The standard InChI is InChI=1S/C26H20F3N7O3S/c1-14-32-20-11-10-17(12-19(20)24(30)33-14)36-21(13-23(35-36)26(27,28)29)25(37)34-16-8-6-15(7-9-16)18-4-2-3-5-22(18)40(31,38)39/h2-13H,1H3,(H,34,37)(H2,30,32,33)(H2,31,38,39). The molecule has 5 N–H and O–H groups in total. The zero-order valence-electron chi connectivity index (χ0n) is 20.6. The van der Waals surface area contributed by atoms with E-state index < -0.39 is 27.8 Å². The minimum absolute atomic E-state index is 0.0769. The number of carbonyl (C=O) groups is 1. The van der Waals surface area contributed by atoms with Crippen LogP contribution in [0.5, 0.6) is 0 Å². The second kappa shape index (κ2) is 9.73. The van der Waals surface area contributed by atoms with Gasteiger partial charge < -0.3 is 11.1 Å². The van der Waals surface area contributed by atoms with Crippen LogP contribution in [0, 0.1) is 6.92 Å². The number of rotatable bonds is 5. The highest BCUT2D eigenvalue weighted by Crippen LogP contribution is 2.31. The van der Waals surface area contributed by atoms with Crippen LogP contribution < -0.4 is 16.2 Å². The van der Waals surface area contributed by atoms with E-state index in [0.29, 0.717) is 33.9 Å². The number of hydrogen-bond donors (Lipinski definition) is 3. The number of hydrogen-bond acceptors (Lipinski definition) is 7. The Bertz CT molecular complexity index is 1890. The van der Waals surface area contributed by atoms with Gasteiger partial charge in [-0.1, -0.05) is 30.3 Å². The number of anilines is 2. The van der Waals surface area contributed by atoms with Gasteiger partial charge in [-0.2, -0.15) is 18.3 Å². The lowest BCUT2D eigenvalue weighted by Crippen LogP contribution is -2.17. The third kappa shape index (κ3) is 5.21. The van der Waals surface area contributed by atoms with E-state index in [1.165, 1.54) is 36.4 Å². The molecule has 0 atom stereocenters. The summed E-state index contributed by atoms with van der Waals surface area (Å²) in [6.07, 6.45) is -4.81. The molecule has 2 aromatic heterocycles. The van der Waals surface area contributed by atoms with E-state index in [2.05, 4.69) is 20.4 Å². The normalized spacial score (nSPS) is 12.0. The topological polar surface area (TPSA) is 159 Å². The van der Waals surface area contributed by atoms with E-state index in [-0.39, 0.29) is 27.8 Å². The molecule has 2 heterocycles. The SMILES string of the molecule is Cc1nc(N)c2cc(-n3nc(C(F)(F)F)cc3C(=O)Nc3ccc(-c4ccccc4S(N)(=O)=O)cc3)ccc2n1. The van der Waals surface area contributed by atoms with Gasteiger partial charge in [-0.15, -0.1) is 0 Å².